The second kappa shape index (κ2) is 16.0. The molecule has 0 spiro atoms. The standard InChI is InChI=1S/C38H46N8O8/c1-22-5-3-8-28(22)45-33-24(19-23(2)35(45)50)20-40-38(43-33)41-25-11-14-44(15-12-25)31(48)21-54-18-17-53-16-13-39-27-7-4-6-26-32(27)37(52)46(36(26)51)29-9-10-30(47)42-34(29)49/h4,6-7,19-20,22,25,28-29,39H,3,5,8-18,21H2,1-2H3,(H,40,41,43)(H,42,47,49)/t22-,28+,29?/m0/s1. The average Bonchev–Trinajstić information content (AvgIpc) is 3.69. The van der Waals surface area contributed by atoms with Gasteiger partial charge in [0.1, 0.15) is 18.3 Å². The highest BCUT2D eigenvalue weighted by molar-refractivity contribution is 6.25. The van der Waals surface area contributed by atoms with Crippen molar-refractivity contribution in [3.05, 3.63) is 57.5 Å². The van der Waals surface area contributed by atoms with Gasteiger partial charge in [-0.3, -0.25) is 43.6 Å². The summed E-state index contributed by atoms with van der Waals surface area (Å²) in [5.41, 5.74) is 2.21. The second-order valence-corrected chi connectivity index (χ2v) is 14.5. The summed E-state index contributed by atoms with van der Waals surface area (Å²) in [6, 6.07) is 5.93. The van der Waals surface area contributed by atoms with Gasteiger partial charge in [-0.15, -0.1) is 0 Å². The molecule has 3 aromatic rings. The van der Waals surface area contributed by atoms with E-state index in [1.165, 1.54) is 0 Å². The summed E-state index contributed by atoms with van der Waals surface area (Å²) in [7, 11) is 0. The van der Waals surface area contributed by atoms with Crippen LogP contribution in [0.2, 0.25) is 0 Å². The van der Waals surface area contributed by atoms with E-state index in [-0.39, 0.29) is 73.9 Å². The zero-order chi connectivity index (χ0) is 37.9. The minimum absolute atomic E-state index is 0.00976. The molecule has 16 heteroatoms. The van der Waals surface area contributed by atoms with Gasteiger partial charge in [0.2, 0.25) is 23.7 Å². The molecule has 0 bridgehead atoms. The fourth-order valence-electron chi connectivity index (χ4n) is 7.99. The Kier molecular flexibility index (Phi) is 11.0. The Morgan fingerprint density at radius 2 is 1.78 bits per heavy atom. The maximum atomic E-state index is 13.2. The summed E-state index contributed by atoms with van der Waals surface area (Å²) in [5.74, 6) is -1.42. The number of aromatic nitrogens is 3. The van der Waals surface area contributed by atoms with Gasteiger partial charge in [-0.2, -0.15) is 4.98 Å². The van der Waals surface area contributed by atoms with E-state index in [2.05, 4.69) is 27.9 Å². The lowest BCUT2D eigenvalue weighted by molar-refractivity contribution is -0.138. The van der Waals surface area contributed by atoms with Crippen molar-refractivity contribution in [3.63, 3.8) is 0 Å². The third-order valence-corrected chi connectivity index (χ3v) is 10.9. The van der Waals surface area contributed by atoms with E-state index in [4.69, 9.17) is 14.5 Å². The molecule has 5 amide bonds. The van der Waals surface area contributed by atoms with E-state index in [9.17, 15) is 28.8 Å². The van der Waals surface area contributed by atoms with Crippen molar-refractivity contribution < 1.29 is 33.4 Å². The van der Waals surface area contributed by atoms with E-state index in [1.54, 1.807) is 29.3 Å². The number of aryl methyl sites for hydroxylation is 1. The van der Waals surface area contributed by atoms with Crippen LogP contribution in [-0.2, 0) is 23.9 Å². The lowest BCUT2D eigenvalue weighted by atomic mass is 10.0. The predicted molar refractivity (Wildman–Crippen MR) is 197 cm³/mol. The number of pyridine rings is 1. The molecule has 3 fully saturated rings. The quantitative estimate of drug-likeness (QED) is 0.171. The Morgan fingerprint density at radius 1 is 0.981 bits per heavy atom. The van der Waals surface area contributed by atoms with Crippen molar-refractivity contribution in [2.75, 3.05) is 56.7 Å². The number of hydrogen-bond donors (Lipinski definition) is 3. The first-order chi connectivity index (χ1) is 26.1. The number of carbonyl (C=O) groups excluding carboxylic acids is 5. The molecule has 54 heavy (non-hydrogen) atoms. The van der Waals surface area contributed by atoms with Crippen LogP contribution in [0.15, 0.2) is 35.3 Å². The number of ether oxygens (including phenoxy) is 2. The van der Waals surface area contributed by atoms with Crippen molar-refractivity contribution in [2.45, 2.75) is 76.9 Å². The van der Waals surface area contributed by atoms with Crippen molar-refractivity contribution in [2.24, 2.45) is 5.92 Å². The van der Waals surface area contributed by atoms with Gasteiger partial charge in [-0.25, -0.2) is 4.98 Å². The maximum Gasteiger partial charge on any atom is 0.264 e. The highest BCUT2D eigenvalue weighted by Gasteiger charge is 2.45. The minimum atomic E-state index is -1.03. The van der Waals surface area contributed by atoms with E-state index in [1.807, 2.05) is 17.6 Å². The lowest BCUT2D eigenvalue weighted by Gasteiger charge is -2.32. The highest BCUT2D eigenvalue weighted by atomic mass is 16.5. The van der Waals surface area contributed by atoms with Crippen molar-refractivity contribution >= 4 is 52.2 Å². The molecular weight excluding hydrogens is 696 g/mol. The Morgan fingerprint density at radius 3 is 2.54 bits per heavy atom. The molecule has 1 unspecified atom stereocenters. The Labute approximate surface area is 312 Å². The SMILES string of the molecule is Cc1cc2cnc(NC3CCN(C(=O)COCCOCCNc4cccc5c4C(=O)N(C4CCC(=O)NC4=O)C5=O)CC3)nc2n([C@@H]2CCC[C@@H]2C)c1=O. The number of anilines is 2. The number of nitrogens with one attached hydrogen (secondary N) is 3. The summed E-state index contributed by atoms with van der Waals surface area (Å²) in [6.45, 7) is 6.22. The molecule has 3 N–H and O–H groups in total. The normalized spacial score (nSPS) is 21.9. The zero-order valence-corrected chi connectivity index (χ0v) is 30.6. The average molecular weight is 743 g/mol. The number of likely N-dealkylation sites (tertiary alicyclic amines) is 1. The van der Waals surface area contributed by atoms with Gasteiger partial charge < -0.3 is 25.0 Å². The Bertz CT molecular complexity index is 2030. The van der Waals surface area contributed by atoms with E-state index in [0.29, 0.717) is 48.4 Å². The number of amides is 5. The van der Waals surface area contributed by atoms with Gasteiger partial charge in [0.05, 0.1) is 30.9 Å². The van der Waals surface area contributed by atoms with Gasteiger partial charge in [0.25, 0.3) is 17.4 Å². The van der Waals surface area contributed by atoms with Crippen molar-refractivity contribution in [1.82, 2.24) is 29.7 Å². The fraction of sp³-hybridized carbons (Fsp3) is 0.526. The summed E-state index contributed by atoms with van der Waals surface area (Å²) < 4.78 is 13.1. The maximum absolute atomic E-state index is 13.2. The third-order valence-electron chi connectivity index (χ3n) is 10.9. The molecular formula is C38H46N8O8. The second-order valence-electron chi connectivity index (χ2n) is 14.5. The molecule has 5 heterocycles. The third kappa shape index (κ3) is 7.57. The molecule has 1 aliphatic carbocycles. The number of imide groups is 2. The van der Waals surface area contributed by atoms with E-state index >= 15 is 0 Å². The molecule has 0 radical (unpaired) electrons. The molecule has 3 aliphatic heterocycles. The molecule has 2 aromatic heterocycles. The first-order valence-electron chi connectivity index (χ1n) is 18.8. The largest absolute Gasteiger partial charge is 0.382 e. The van der Waals surface area contributed by atoms with E-state index in [0.717, 1.165) is 42.4 Å². The van der Waals surface area contributed by atoms with Gasteiger partial charge in [0, 0.05) is 61.0 Å². The molecule has 1 saturated carbocycles. The number of rotatable bonds is 13. The molecule has 1 aromatic carbocycles. The van der Waals surface area contributed by atoms with Gasteiger partial charge in [0.15, 0.2) is 0 Å². The molecule has 7 rings (SSSR count). The van der Waals surface area contributed by atoms with Crippen LogP contribution in [0.4, 0.5) is 11.6 Å². The molecule has 4 aliphatic rings. The number of nitrogens with zero attached hydrogens (tertiary/aromatic N) is 5. The van der Waals surface area contributed by atoms with Crippen LogP contribution >= 0.6 is 0 Å². The molecule has 2 saturated heterocycles. The first-order valence-corrected chi connectivity index (χ1v) is 18.8. The number of fused-ring (bicyclic) bond motifs is 2. The van der Waals surface area contributed by atoms with Crippen LogP contribution < -0.4 is 21.5 Å². The van der Waals surface area contributed by atoms with Gasteiger partial charge >= 0.3 is 0 Å². The minimum Gasteiger partial charge on any atom is -0.382 e. The van der Waals surface area contributed by atoms with Crippen molar-refractivity contribution in [3.8, 4) is 0 Å². The lowest BCUT2D eigenvalue weighted by Crippen LogP contribution is -2.54. The first kappa shape index (κ1) is 37.1. The summed E-state index contributed by atoms with van der Waals surface area (Å²) in [4.78, 5) is 88.3. The summed E-state index contributed by atoms with van der Waals surface area (Å²) in [5, 5.41) is 9.61. The number of hydrogen-bond acceptors (Lipinski definition) is 12. The number of benzene rings is 1. The zero-order valence-electron chi connectivity index (χ0n) is 30.6. The Balaban J connectivity index is 0.811. The molecule has 16 nitrogen and oxygen atoms in total. The molecule has 286 valence electrons. The van der Waals surface area contributed by atoms with Crippen LogP contribution in [-0.4, -0.2) is 112 Å². The van der Waals surface area contributed by atoms with Crippen LogP contribution in [0.25, 0.3) is 11.0 Å². The smallest absolute Gasteiger partial charge is 0.264 e. The summed E-state index contributed by atoms with van der Waals surface area (Å²) >= 11 is 0. The van der Waals surface area contributed by atoms with Gasteiger partial charge in [-0.05, 0) is 63.1 Å². The number of piperidine rings is 2. The topological polar surface area (TPSA) is 194 Å². The van der Waals surface area contributed by atoms with Crippen molar-refractivity contribution in [1.29, 1.82) is 0 Å². The van der Waals surface area contributed by atoms with Gasteiger partial charge in [-0.1, -0.05) is 19.4 Å². The van der Waals surface area contributed by atoms with E-state index < -0.39 is 29.7 Å². The van der Waals surface area contributed by atoms with Crippen LogP contribution in [0.3, 0.4) is 0 Å². The predicted octanol–water partition coefficient (Wildman–Crippen LogP) is 2.41. The summed E-state index contributed by atoms with van der Waals surface area (Å²) in [6.07, 6.45) is 6.54. The van der Waals surface area contributed by atoms with Crippen LogP contribution in [0, 0.1) is 12.8 Å². The fourth-order valence-corrected chi connectivity index (χ4v) is 7.99. The number of carbonyl (C=O) groups is 5. The Hall–Kier alpha value is -5.22. The molecule has 3 atom stereocenters. The monoisotopic (exact) mass is 742 g/mol. The highest BCUT2D eigenvalue weighted by Crippen LogP contribution is 2.36. The van der Waals surface area contributed by atoms with Crippen LogP contribution in [0.5, 0.6) is 0 Å². The van der Waals surface area contributed by atoms with Crippen LogP contribution in [0.1, 0.15) is 84.2 Å².